The van der Waals surface area contributed by atoms with Gasteiger partial charge in [0.1, 0.15) is 24.8 Å². The Morgan fingerprint density at radius 2 is 1.95 bits per heavy atom. The molecular formula is C27H29N5O5. The molecule has 0 aliphatic carbocycles. The number of hydrogen-bond donors (Lipinski definition) is 0. The van der Waals surface area contributed by atoms with Crippen molar-refractivity contribution in [3.05, 3.63) is 42.6 Å². The van der Waals surface area contributed by atoms with Crippen molar-refractivity contribution in [2.75, 3.05) is 62.8 Å². The van der Waals surface area contributed by atoms with Crippen molar-refractivity contribution in [3.63, 3.8) is 0 Å². The van der Waals surface area contributed by atoms with Gasteiger partial charge in [0.2, 0.25) is 5.88 Å². The van der Waals surface area contributed by atoms with Gasteiger partial charge >= 0.3 is 6.09 Å². The van der Waals surface area contributed by atoms with Crippen LogP contribution in [0.25, 0.3) is 11.0 Å². The van der Waals surface area contributed by atoms with E-state index in [0.717, 1.165) is 55.0 Å². The van der Waals surface area contributed by atoms with Crippen molar-refractivity contribution >= 4 is 28.5 Å². The van der Waals surface area contributed by atoms with E-state index >= 15 is 0 Å². The van der Waals surface area contributed by atoms with Gasteiger partial charge in [0.25, 0.3) is 0 Å². The number of fused-ring (bicyclic) bond motifs is 3. The Morgan fingerprint density at radius 3 is 2.84 bits per heavy atom. The molecular weight excluding hydrogens is 474 g/mol. The summed E-state index contributed by atoms with van der Waals surface area (Å²) in [7, 11) is 1.63. The molecule has 0 radical (unpaired) electrons. The zero-order chi connectivity index (χ0) is 24.9. The third-order valence-electron chi connectivity index (χ3n) is 7.85. The van der Waals surface area contributed by atoms with Gasteiger partial charge in [0, 0.05) is 50.6 Å². The minimum atomic E-state index is -0.314. The van der Waals surface area contributed by atoms with Crippen LogP contribution in [0.5, 0.6) is 17.4 Å². The van der Waals surface area contributed by atoms with Crippen LogP contribution in [0.3, 0.4) is 0 Å². The molecule has 10 nitrogen and oxygen atoms in total. The standard InChI is InChI=1S/C27H29N5O5/c1-34-25-5-3-20-26(29-25)21(6-8-28-20)31-9-7-17-13-30(16-22(17)31)14-19-15-32(27(33)37-19)18-2-4-23-24(12-18)36-11-10-35-23/h2-6,8,12,17,19,22H,7,9-11,13-16H2,1H3/t17-,19-,22+/m1/s1. The first kappa shape index (κ1) is 22.4. The van der Waals surface area contributed by atoms with E-state index in [0.29, 0.717) is 49.1 Å². The molecule has 3 atom stereocenters. The topological polar surface area (TPSA) is 89.5 Å². The van der Waals surface area contributed by atoms with Crippen LogP contribution in [0.1, 0.15) is 6.42 Å². The zero-order valence-corrected chi connectivity index (χ0v) is 20.7. The van der Waals surface area contributed by atoms with Gasteiger partial charge in [-0.2, -0.15) is 0 Å². The summed E-state index contributed by atoms with van der Waals surface area (Å²) in [5.74, 6) is 2.54. The lowest BCUT2D eigenvalue weighted by atomic mass is 10.0. The average Bonchev–Trinajstić information content (AvgIpc) is 3.62. The van der Waals surface area contributed by atoms with E-state index in [1.165, 1.54) is 0 Å². The second-order valence-electron chi connectivity index (χ2n) is 10.0. The number of carbonyl (C=O) groups excluding carboxylic acids is 1. The number of hydrogen-bond acceptors (Lipinski definition) is 9. The van der Waals surface area contributed by atoms with Crippen LogP contribution >= 0.6 is 0 Å². The summed E-state index contributed by atoms with van der Waals surface area (Å²) in [6.45, 7) is 5.21. The third kappa shape index (κ3) is 3.96. The quantitative estimate of drug-likeness (QED) is 0.521. The monoisotopic (exact) mass is 503 g/mol. The molecule has 0 spiro atoms. The molecule has 192 valence electrons. The molecule has 6 heterocycles. The van der Waals surface area contributed by atoms with Crippen molar-refractivity contribution in [3.8, 4) is 17.4 Å². The zero-order valence-electron chi connectivity index (χ0n) is 20.7. The predicted octanol–water partition coefficient (Wildman–Crippen LogP) is 2.95. The summed E-state index contributed by atoms with van der Waals surface area (Å²) in [5.41, 5.74) is 3.62. The van der Waals surface area contributed by atoms with Crippen LogP contribution in [0.2, 0.25) is 0 Å². The van der Waals surface area contributed by atoms with Gasteiger partial charge < -0.3 is 23.8 Å². The predicted molar refractivity (Wildman–Crippen MR) is 137 cm³/mol. The molecule has 3 aromatic rings. The lowest BCUT2D eigenvalue weighted by Crippen LogP contribution is -2.38. The number of rotatable bonds is 5. The number of cyclic esters (lactones) is 1. The maximum atomic E-state index is 12.7. The van der Waals surface area contributed by atoms with Crippen molar-refractivity contribution in [2.24, 2.45) is 5.92 Å². The number of likely N-dealkylation sites (tertiary alicyclic amines) is 1. The molecule has 7 rings (SSSR count). The molecule has 0 bridgehead atoms. The smallest absolute Gasteiger partial charge is 0.414 e. The molecule has 0 saturated carbocycles. The number of anilines is 2. The highest BCUT2D eigenvalue weighted by Gasteiger charge is 2.44. The molecule has 37 heavy (non-hydrogen) atoms. The van der Waals surface area contributed by atoms with Crippen LogP contribution in [-0.2, 0) is 4.74 Å². The molecule has 3 saturated heterocycles. The van der Waals surface area contributed by atoms with Gasteiger partial charge in [0.15, 0.2) is 11.5 Å². The lowest BCUT2D eigenvalue weighted by Gasteiger charge is -2.28. The number of pyridine rings is 2. The molecule has 3 fully saturated rings. The summed E-state index contributed by atoms with van der Waals surface area (Å²) in [6, 6.07) is 11.9. The number of nitrogens with zero attached hydrogens (tertiary/aromatic N) is 5. The summed E-state index contributed by atoms with van der Waals surface area (Å²) >= 11 is 0. The van der Waals surface area contributed by atoms with E-state index < -0.39 is 0 Å². The highest BCUT2D eigenvalue weighted by Crippen LogP contribution is 2.39. The normalized spacial score (nSPS) is 25.0. The number of aromatic nitrogens is 2. The Labute approximate surface area is 214 Å². The highest BCUT2D eigenvalue weighted by atomic mass is 16.6. The van der Waals surface area contributed by atoms with E-state index in [2.05, 4.69) is 20.9 Å². The second-order valence-corrected chi connectivity index (χ2v) is 10.0. The maximum Gasteiger partial charge on any atom is 0.414 e. The number of carbonyl (C=O) groups is 1. The van der Waals surface area contributed by atoms with Gasteiger partial charge in [-0.1, -0.05) is 0 Å². The first-order chi connectivity index (χ1) is 18.2. The van der Waals surface area contributed by atoms with Crippen LogP contribution in [0.15, 0.2) is 42.6 Å². The van der Waals surface area contributed by atoms with Crippen LogP contribution in [0, 0.1) is 5.92 Å². The van der Waals surface area contributed by atoms with E-state index in [1.807, 2.05) is 36.5 Å². The minimum Gasteiger partial charge on any atom is -0.486 e. The maximum absolute atomic E-state index is 12.7. The molecule has 0 N–H and O–H groups in total. The largest absolute Gasteiger partial charge is 0.486 e. The average molecular weight is 504 g/mol. The first-order valence-corrected chi connectivity index (χ1v) is 12.8. The summed E-state index contributed by atoms with van der Waals surface area (Å²) in [5, 5.41) is 0. The van der Waals surface area contributed by atoms with E-state index in [-0.39, 0.29) is 12.2 Å². The summed E-state index contributed by atoms with van der Waals surface area (Å²) in [4.78, 5) is 28.5. The fraction of sp³-hybridized carbons (Fsp3) is 0.444. The molecule has 0 unspecified atom stereocenters. The van der Waals surface area contributed by atoms with Crippen LogP contribution in [-0.4, -0.2) is 86.2 Å². The molecule has 4 aliphatic heterocycles. The molecule has 2 aromatic heterocycles. The van der Waals surface area contributed by atoms with Crippen LogP contribution < -0.4 is 24.0 Å². The van der Waals surface area contributed by atoms with E-state index in [4.69, 9.17) is 23.9 Å². The minimum absolute atomic E-state index is 0.180. The summed E-state index contributed by atoms with van der Waals surface area (Å²) < 4.78 is 22.4. The lowest BCUT2D eigenvalue weighted by molar-refractivity contribution is 0.115. The van der Waals surface area contributed by atoms with Gasteiger partial charge in [-0.25, -0.2) is 9.78 Å². The molecule has 1 amide bonds. The van der Waals surface area contributed by atoms with Crippen molar-refractivity contribution in [1.29, 1.82) is 0 Å². The third-order valence-corrected chi connectivity index (χ3v) is 7.85. The van der Waals surface area contributed by atoms with Crippen molar-refractivity contribution in [2.45, 2.75) is 18.6 Å². The Bertz CT molecular complexity index is 1350. The fourth-order valence-corrected chi connectivity index (χ4v) is 6.15. The highest BCUT2D eigenvalue weighted by molar-refractivity contribution is 5.90. The SMILES string of the molecule is COc1ccc2nccc(N3CC[C@@H]4CN(C[C@@H]5CN(c6ccc7c(c6)OCCO7)C(=O)O5)C[C@@H]43)c2n1. The molecule has 4 aliphatic rings. The number of ether oxygens (including phenoxy) is 4. The number of benzene rings is 1. The number of methoxy groups -OCH3 is 1. The summed E-state index contributed by atoms with van der Waals surface area (Å²) in [6.07, 6.45) is 2.49. The first-order valence-electron chi connectivity index (χ1n) is 12.8. The Balaban J connectivity index is 1.04. The van der Waals surface area contributed by atoms with Crippen molar-refractivity contribution in [1.82, 2.24) is 14.9 Å². The van der Waals surface area contributed by atoms with E-state index in [1.54, 1.807) is 12.0 Å². The van der Waals surface area contributed by atoms with E-state index in [9.17, 15) is 4.79 Å². The van der Waals surface area contributed by atoms with Gasteiger partial charge in [-0.3, -0.25) is 14.8 Å². The van der Waals surface area contributed by atoms with Gasteiger partial charge in [-0.05, 0) is 36.6 Å². The Hall–Kier alpha value is -3.79. The van der Waals surface area contributed by atoms with Gasteiger partial charge in [0.05, 0.1) is 30.5 Å². The fourth-order valence-electron chi connectivity index (χ4n) is 6.15. The molecule has 1 aromatic carbocycles. The molecule has 10 heteroatoms. The Morgan fingerprint density at radius 1 is 1.05 bits per heavy atom. The Kier molecular flexibility index (Phi) is 5.42. The van der Waals surface area contributed by atoms with Gasteiger partial charge in [-0.15, -0.1) is 0 Å². The van der Waals surface area contributed by atoms with Crippen LogP contribution in [0.4, 0.5) is 16.2 Å². The second kappa shape index (κ2) is 8.95. The number of amides is 1. The van der Waals surface area contributed by atoms with Crippen molar-refractivity contribution < 1.29 is 23.7 Å².